The highest BCUT2D eigenvalue weighted by atomic mass is 16.5. The largest absolute Gasteiger partial charge is 0.508 e. The van der Waals surface area contributed by atoms with E-state index < -0.39 is 0 Å². The highest BCUT2D eigenvalue weighted by Gasteiger charge is 2.04. The fourth-order valence-corrected chi connectivity index (χ4v) is 1.85. The lowest BCUT2D eigenvalue weighted by Crippen LogP contribution is -2.24. The lowest BCUT2D eigenvalue weighted by Gasteiger charge is -2.08. The fraction of sp³-hybridized carbons (Fsp3) is 0.176. The van der Waals surface area contributed by atoms with Gasteiger partial charge in [-0.1, -0.05) is 25.1 Å². The van der Waals surface area contributed by atoms with Crippen LogP contribution in [0.25, 0.3) is 0 Å². The molecule has 1 amide bonds. The molecule has 5 heteroatoms. The number of hydrazone groups is 1. The summed E-state index contributed by atoms with van der Waals surface area (Å²) in [5, 5.41) is 13.0. The van der Waals surface area contributed by atoms with Crippen molar-refractivity contribution in [2.24, 2.45) is 5.10 Å². The van der Waals surface area contributed by atoms with E-state index >= 15 is 0 Å². The summed E-state index contributed by atoms with van der Waals surface area (Å²) in [6.45, 7) is 1.94. The van der Waals surface area contributed by atoms with Gasteiger partial charge < -0.3 is 9.84 Å². The molecule has 0 aromatic heterocycles. The van der Waals surface area contributed by atoms with E-state index in [-0.39, 0.29) is 18.3 Å². The quantitative estimate of drug-likeness (QED) is 0.636. The number of amides is 1. The number of carbonyl (C=O) groups is 1. The number of ether oxygens (including phenoxy) is 1. The summed E-state index contributed by atoms with van der Waals surface area (Å²) in [5.74, 6) is 0.563. The monoisotopic (exact) mass is 298 g/mol. The second kappa shape index (κ2) is 7.83. The Hall–Kier alpha value is -2.82. The van der Waals surface area contributed by atoms with Gasteiger partial charge in [0.1, 0.15) is 11.5 Å². The Morgan fingerprint density at radius 2 is 1.95 bits per heavy atom. The number of nitrogens with one attached hydrogen (secondary N) is 1. The Kier molecular flexibility index (Phi) is 5.54. The van der Waals surface area contributed by atoms with Crippen LogP contribution in [0.5, 0.6) is 11.5 Å². The number of hydrogen-bond acceptors (Lipinski definition) is 4. The van der Waals surface area contributed by atoms with Crippen LogP contribution in [0.3, 0.4) is 0 Å². The Labute approximate surface area is 129 Å². The third-order valence-electron chi connectivity index (χ3n) is 3.01. The van der Waals surface area contributed by atoms with Crippen LogP contribution in [0.2, 0.25) is 0 Å². The molecule has 0 fully saturated rings. The minimum Gasteiger partial charge on any atom is -0.508 e. The van der Waals surface area contributed by atoms with Gasteiger partial charge in [0.15, 0.2) is 6.61 Å². The van der Waals surface area contributed by atoms with Crippen molar-refractivity contribution >= 4 is 12.1 Å². The number of para-hydroxylation sites is 1. The molecule has 0 spiro atoms. The smallest absolute Gasteiger partial charge is 0.277 e. The van der Waals surface area contributed by atoms with Gasteiger partial charge in [0.25, 0.3) is 5.91 Å². The minimum absolute atomic E-state index is 0.0933. The Balaban J connectivity index is 1.82. The molecular formula is C17H18N2O3. The normalized spacial score (nSPS) is 10.6. The second-order valence-corrected chi connectivity index (χ2v) is 4.63. The number of nitrogens with zero attached hydrogens (tertiary/aromatic N) is 1. The highest BCUT2D eigenvalue weighted by molar-refractivity contribution is 5.83. The van der Waals surface area contributed by atoms with E-state index in [1.165, 1.54) is 6.21 Å². The van der Waals surface area contributed by atoms with Crippen molar-refractivity contribution < 1.29 is 14.6 Å². The van der Waals surface area contributed by atoms with Crippen LogP contribution in [-0.4, -0.2) is 23.8 Å². The van der Waals surface area contributed by atoms with Gasteiger partial charge in [-0.05, 0) is 47.9 Å². The Morgan fingerprint density at radius 3 is 2.68 bits per heavy atom. The minimum atomic E-state index is -0.332. The molecule has 0 aliphatic rings. The third-order valence-corrected chi connectivity index (χ3v) is 3.01. The summed E-state index contributed by atoms with van der Waals surface area (Å²) in [5.41, 5.74) is 4.23. The lowest BCUT2D eigenvalue weighted by atomic mass is 10.1. The first-order valence-corrected chi connectivity index (χ1v) is 7.00. The van der Waals surface area contributed by atoms with E-state index in [1.807, 2.05) is 31.2 Å². The molecule has 0 heterocycles. The molecule has 0 aliphatic heterocycles. The van der Waals surface area contributed by atoms with Crippen molar-refractivity contribution in [3.63, 3.8) is 0 Å². The van der Waals surface area contributed by atoms with Gasteiger partial charge in [0.2, 0.25) is 0 Å². The topological polar surface area (TPSA) is 70.9 Å². The zero-order valence-electron chi connectivity index (χ0n) is 12.3. The number of phenolic OH excluding ortho intramolecular Hbond substituents is 1. The van der Waals surface area contributed by atoms with Gasteiger partial charge >= 0.3 is 0 Å². The molecule has 22 heavy (non-hydrogen) atoms. The average molecular weight is 298 g/mol. The standard InChI is InChI=1S/C17H18N2O3/c1-2-14-5-3-4-6-16(14)22-12-17(21)19-18-11-13-7-9-15(20)10-8-13/h3-11,20H,2,12H2,1H3,(H,19,21)/b18-11+. The summed E-state index contributed by atoms with van der Waals surface area (Å²) in [4.78, 5) is 11.7. The van der Waals surface area contributed by atoms with Crippen molar-refractivity contribution in [3.8, 4) is 11.5 Å². The average Bonchev–Trinajstić information content (AvgIpc) is 2.55. The number of phenols is 1. The lowest BCUT2D eigenvalue weighted by molar-refractivity contribution is -0.123. The predicted octanol–water partition coefficient (Wildman–Crippen LogP) is 2.48. The van der Waals surface area contributed by atoms with Crippen LogP contribution < -0.4 is 10.2 Å². The van der Waals surface area contributed by atoms with Gasteiger partial charge in [0, 0.05) is 0 Å². The van der Waals surface area contributed by atoms with Gasteiger partial charge in [-0.3, -0.25) is 4.79 Å². The van der Waals surface area contributed by atoms with E-state index in [4.69, 9.17) is 9.84 Å². The molecule has 0 saturated carbocycles. The van der Waals surface area contributed by atoms with Crippen molar-refractivity contribution in [2.45, 2.75) is 13.3 Å². The fourth-order valence-electron chi connectivity index (χ4n) is 1.85. The summed E-state index contributed by atoms with van der Waals surface area (Å²) < 4.78 is 5.49. The van der Waals surface area contributed by atoms with Crippen molar-refractivity contribution in [3.05, 3.63) is 59.7 Å². The molecule has 2 rings (SSSR count). The Bertz CT molecular complexity index is 651. The first kappa shape index (κ1) is 15.6. The number of rotatable bonds is 6. The summed E-state index contributed by atoms with van der Waals surface area (Å²) in [6, 6.07) is 14.1. The van der Waals surface area contributed by atoms with E-state index in [0.29, 0.717) is 5.75 Å². The summed E-state index contributed by atoms with van der Waals surface area (Å²) in [6.07, 6.45) is 2.34. The van der Waals surface area contributed by atoms with Crippen LogP contribution in [0.15, 0.2) is 53.6 Å². The molecule has 2 N–H and O–H groups in total. The van der Waals surface area contributed by atoms with Crippen LogP contribution in [0.1, 0.15) is 18.1 Å². The molecule has 2 aromatic rings. The molecule has 0 bridgehead atoms. The molecule has 0 radical (unpaired) electrons. The van der Waals surface area contributed by atoms with E-state index in [9.17, 15) is 4.79 Å². The summed E-state index contributed by atoms with van der Waals surface area (Å²) in [7, 11) is 0. The predicted molar refractivity (Wildman–Crippen MR) is 85.2 cm³/mol. The van der Waals surface area contributed by atoms with Crippen molar-refractivity contribution in [2.75, 3.05) is 6.61 Å². The van der Waals surface area contributed by atoms with E-state index in [1.54, 1.807) is 24.3 Å². The number of aryl methyl sites for hydroxylation is 1. The summed E-state index contributed by atoms with van der Waals surface area (Å²) >= 11 is 0. The number of hydrogen-bond donors (Lipinski definition) is 2. The van der Waals surface area contributed by atoms with Gasteiger partial charge in [-0.15, -0.1) is 0 Å². The van der Waals surface area contributed by atoms with Crippen LogP contribution in [-0.2, 0) is 11.2 Å². The molecule has 0 aliphatic carbocycles. The molecule has 114 valence electrons. The Morgan fingerprint density at radius 1 is 1.23 bits per heavy atom. The second-order valence-electron chi connectivity index (χ2n) is 4.63. The molecule has 5 nitrogen and oxygen atoms in total. The van der Waals surface area contributed by atoms with Crippen LogP contribution >= 0.6 is 0 Å². The number of carbonyl (C=O) groups excluding carboxylic acids is 1. The van der Waals surface area contributed by atoms with Gasteiger partial charge in [0.05, 0.1) is 6.21 Å². The SMILES string of the molecule is CCc1ccccc1OCC(=O)N/N=C/c1ccc(O)cc1. The molecular weight excluding hydrogens is 280 g/mol. The maximum atomic E-state index is 11.7. The van der Waals surface area contributed by atoms with Gasteiger partial charge in [-0.2, -0.15) is 5.10 Å². The van der Waals surface area contributed by atoms with Crippen LogP contribution in [0.4, 0.5) is 0 Å². The molecule has 0 unspecified atom stereocenters. The van der Waals surface area contributed by atoms with E-state index in [2.05, 4.69) is 10.5 Å². The van der Waals surface area contributed by atoms with Crippen molar-refractivity contribution in [1.82, 2.24) is 5.43 Å². The zero-order chi connectivity index (χ0) is 15.8. The number of benzene rings is 2. The van der Waals surface area contributed by atoms with Crippen LogP contribution in [0, 0.1) is 0 Å². The molecule has 0 saturated heterocycles. The maximum absolute atomic E-state index is 11.7. The first-order valence-electron chi connectivity index (χ1n) is 7.00. The zero-order valence-corrected chi connectivity index (χ0v) is 12.3. The maximum Gasteiger partial charge on any atom is 0.277 e. The molecule has 0 atom stereocenters. The number of aromatic hydroxyl groups is 1. The first-order chi connectivity index (χ1) is 10.7. The molecule has 2 aromatic carbocycles. The highest BCUT2D eigenvalue weighted by Crippen LogP contribution is 2.17. The van der Waals surface area contributed by atoms with Crippen molar-refractivity contribution in [1.29, 1.82) is 0 Å². The third kappa shape index (κ3) is 4.63. The van der Waals surface area contributed by atoms with Gasteiger partial charge in [-0.25, -0.2) is 5.43 Å². The van der Waals surface area contributed by atoms with E-state index in [0.717, 1.165) is 17.5 Å².